The van der Waals surface area contributed by atoms with Gasteiger partial charge in [0.1, 0.15) is 0 Å². The fraction of sp³-hybridized carbons (Fsp3) is 0.981. The smallest absolute Gasteiger partial charge is 0.305 e. The van der Waals surface area contributed by atoms with Gasteiger partial charge in [-0.25, -0.2) is 0 Å². The standard InChI is InChI=1S/C52H105NO4/c1-8-12-25-34-49(35-26-13-9-2)41-46-55-44-32-24-20-16-17-21-29-38-51(56-45-33-43-53(7)48(5)6)39-30-22-18-19-23-31-40-52(54)57-47-42-50(36-27-14-10-3)37-28-15-11-4/h48-51H,8-47H2,1-7H3. The van der Waals surface area contributed by atoms with Gasteiger partial charge in [0, 0.05) is 38.8 Å². The molecule has 0 bridgehead atoms. The van der Waals surface area contributed by atoms with Crippen LogP contribution in [0.4, 0.5) is 0 Å². The SMILES string of the molecule is CCCCCC(CCCCC)CCOCCCCCCCCCC(CCCCCCCCC(=O)OCCC(CCCCC)CCCCC)OCCCN(C)C(C)C. The minimum Gasteiger partial charge on any atom is -0.466 e. The summed E-state index contributed by atoms with van der Waals surface area (Å²) in [5.74, 6) is 1.63. The van der Waals surface area contributed by atoms with Gasteiger partial charge in [-0.2, -0.15) is 0 Å². The van der Waals surface area contributed by atoms with Crippen LogP contribution < -0.4 is 0 Å². The van der Waals surface area contributed by atoms with Crippen molar-refractivity contribution in [3.8, 4) is 0 Å². The molecule has 0 aliphatic carbocycles. The van der Waals surface area contributed by atoms with E-state index in [1.54, 1.807) is 0 Å². The van der Waals surface area contributed by atoms with Gasteiger partial charge in [0.15, 0.2) is 0 Å². The molecule has 5 nitrogen and oxygen atoms in total. The largest absolute Gasteiger partial charge is 0.466 e. The first-order valence-corrected chi connectivity index (χ1v) is 25.9. The first-order chi connectivity index (χ1) is 27.9. The summed E-state index contributed by atoms with van der Waals surface area (Å²) in [6, 6.07) is 0.593. The second-order valence-corrected chi connectivity index (χ2v) is 18.5. The normalized spacial score (nSPS) is 12.5. The summed E-state index contributed by atoms with van der Waals surface area (Å²) in [5.41, 5.74) is 0. The van der Waals surface area contributed by atoms with Crippen molar-refractivity contribution in [3.63, 3.8) is 0 Å². The molecule has 0 fully saturated rings. The van der Waals surface area contributed by atoms with Crippen LogP contribution >= 0.6 is 0 Å². The summed E-state index contributed by atoms with van der Waals surface area (Å²) in [5, 5.41) is 0. The molecule has 0 rings (SSSR count). The number of rotatable bonds is 47. The van der Waals surface area contributed by atoms with Crippen molar-refractivity contribution in [2.45, 2.75) is 278 Å². The molecular weight excluding hydrogens is 703 g/mol. The average Bonchev–Trinajstić information content (AvgIpc) is 3.20. The van der Waals surface area contributed by atoms with Crippen molar-refractivity contribution < 1.29 is 19.0 Å². The van der Waals surface area contributed by atoms with E-state index in [9.17, 15) is 4.79 Å². The summed E-state index contributed by atoms with van der Waals surface area (Å²) in [6.45, 7) is 18.3. The first kappa shape index (κ1) is 56.4. The molecular formula is C52H105NO4. The Bertz CT molecular complexity index is 770. The maximum absolute atomic E-state index is 12.4. The Morgan fingerprint density at radius 3 is 1.33 bits per heavy atom. The van der Waals surface area contributed by atoms with Crippen LogP contribution in [0.3, 0.4) is 0 Å². The number of hydrogen-bond acceptors (Lipinski definition) is 5. The molecule has 0 saturated heterocycles. The molecule has 0 aliphatic rings. The summed E-state index contributed by atoms with van der Waals surface area (Å²) < 4.78 is 18.3. The second kappa shape index (κ2) is 44.9. The highest BCUT2D eigenvalue weighted by atomic mass is 16.5. The van der Waals surface area contributed by atoms with E-state index in [2.05, 4.69) is 53.5 Å². The van der Waals surface area contributed by atoms with Crippen LogP contribution in [-0.4, -0.2) is 63.0 Å². The minimum absolute atomic E-state index is 0.0186. The molecule has 0 heterocycles. The van der Waals surface area contributed by atoms with E-state index in [4.69, 9.17) is 14.2 Å². The molecule has 0 aromatic rings. The average molecular weight is 808 g/mol. The highest BCUT2D eigenvalue weighted by Gasteiger charge is 2.13. The summed E-state index contributed by atoms with van der Waals surface area (Å²) in [6.07, 6.45) is 44.7. The highest BCUT2D eigenvalue weighted by molar-refractivity contribution is 5.69. The third-order valence-corrected chi connectivity index (χ3v) is 12.7. The van der Waals surface area contributed by atoms with Crippen molar-refractivity contribution in [3.05, 3.63) is 0 Å². The van der Waals surface area contributed by atoms with Crippen LogP contribution in [0.1, 0.15) is 266 Å². The van der Waals surface area contributed by atoms with E-state index < -0.39 is 0 Å². The minimum atomic E-state index is 0.0186. The predicted octanol–water partition coefficient (Wildman–Crippen LogP) is 16.2. The second-order valence-electron chi connectivity index (χ2n) is 18.5. The molecule has 5 heteroatoms. The summed E-state index contributed by atoms with van der Waals surface area (Å²) >= 11 is 0. The van der Waals surface area contributed by atoms with Gasteiger partial charge in [-0.05, 0) is 77.7 Å². The van der Waals surface area contributed by atoms with Gasteiger partial charge < -0.3 is 19.1 Å². The van der Waals surface area contributed by atoms with Crippen LogP contribution in [0.5, 0.6) is 0 Å². The molecule has 342 valence electrons. The van der Waals surface area contributed by atoms with Gasteiger partial charge >= 0.3 is 5.97 Å². The van der Waals surface area contributed by atoms with Crippen molar-refractivity contribution in [2.24, 2.45) is 11.8 Å². The number of esters is 1. The van der Waals surface area contributed by atoms with Crippen LogP contribution in [0, 0.1) is 11.8 Å². The van der Waals surface area contributed by atoms with Gasteiger partial charge in [-0.15, -0.1) is 0 Å². The number of hydrogen-bond donors (Lipinski definition) is 0. The van der Waals surface area contributed by atoms with Crippen molar-refractivity contribution >= 4 is 5.97 Å². The fourth-order valence-corrected chi connectivity index (χ4v) is 8.30. The van der Waals surface area contributed by atoms with Crippen LogP contribution in [0.15, 0.2) is 0 Å². The summed E-state index contributed by atoms with van der Waals surface area (Å²) in [4.78, 5) is 14.8. The Kier molecular flexibility index (Phi) is 44.4. The van der Waals surface area contributed by atoms with E-state index in [-0.39, 0.29) is 5.97 Å². The summed E-state index contributed by atoms with van der Waals surface area (Å²) in [7, 11) is 2.22. The Morgan fingerprint density at radius 2 is 0.860 bits per heavy atom. The topological polar surface area (TPSA) is 48.0 Å². The molecule has 57 heavy (non-hydrogen) atoms. The molecule has 0 radical (unpaired) electrons. The lowest BCUT2D eigenvalue weighted by Gasteiger charge is -2.22. The van der Waals surface area contributed by atoms with Gasteiger partial charge in [0.2, 0.25) is 0 Å². The molecule has 0 aromatic heterocycles. The Balaban J connectivity index is 4.16. The third-order valence-electron chi connectivity index (χ3n) is 12.7. The maximum Gasteiger partial charge on any atom is 0.305 e. The van der Waals surface area contributed by atoms with Gasteiger partial charge in [0.05, 0.1) is 12.7 Å². The maximum atomic E-state index is 12.4. The third kappa shape index (κ3) is 40.5. The molecule has 0 aromatic carbocycles. The molecule has 0 saturated carbocycles. The van der Waals surface area contributed by atoms with Gasteiger partial charge in [-0.3, -0.25) is 4.79 Å². The number of ether oxygens (including phenoxy) is 3. The Morgan fingerprint density at radius 1 is 0.439 bits per heavy atom. The zero-order chi connectivity index (χ0) is 41.9. The number of carbonyl (C=O) groups excluding carboxylic acids is 1. The number of nitrogens with zero attached hydrogens (tertiary/aromatic N) is 1. The zero-order valence-corrected chi connectivity index (χ0v) is 40.2. The van der Waals surface area contributed by atoms with E-state index in [1.807, 2.05) is 0 Å². The molecule has 0 spiro atoms. The van der Waals surface area contributed by atoms with E-state index in [1.165, 1.54) is 193 Å². The molecule has 1 atom stereocenters. The monoisotopic (exact) mass is 808 g/mol. The van der Waals surface area contributed by atoms with E-state index in [0.717, 1.165) is 63.9 Å². The van der Waals surface area contributed by atoms with Crippen LogP contribution in [0.2, 0.25) is 0 Å². The zero-order valence-electron chi connectivity index (χ0n) is 40.2. The number of carbonyl (C=O) groups is 1. The number of unbranched alkanes of at least 4 members (excludes halogenated alkanes) is 19. The van der Waals surface area contributed by atoms with Crippen molar-refractivity contribution in [2.75, 3.05) is 40.0 Å². The predicted molar refractivity (Wildman–Crippen MR) is 251 cm³/mol. The Labute approximate surface area is 359 Å². The molecule has 0 amide bonds. The fourth-order valence-electron chi connectivity index (χ4n) is 8.30. The van der Waals surface area contributed by atoms with Crippen LogP contribution in [-0.2, 0) is 19.0 Å². The first-order valence-electron chi connectivity index (χ1n) is 25.9. The lowest BCUT2D eigenvalue weighted by atomic mass is 9.92. The lowest BCUT2D eigenvalue weighted by molar-refractivity contribution is -0.144. The highest BCUT2D eigenvalue weighted by Crippen LogP contribution is 2.23. The van der Waals surface area contributed by atoms with Crippen molar-refractivity contribution in [1.29, 1.82) is 0 Å². The Hall–Kier alpha value is -0.650. The molecule has 0 aliphatic heterocycles. The molecule has 1 unspecified atom stereocenters. The lowest BCUT2D eigenvalue weighted by Crippen LogP contribution is -2.28. The van der Waals surface area contributed by atoms with E-state index in [0.29, 0.717) is 25.2 Å². The van der Waals surface area contributed by atoms with Crippen molar-refractivity contribution in [1.82, 2.24) is 4.90 Å². The van der Waals surface area contributed by atoms with Gasteiger partial charge in [-0.1, -0.05) is 201 Å². The van der Waals surface area contributed by atoms with Crippen LogP contribution in [0.25, 0.3) is 0 Å². The quantitative estimate of drug-likeness (QED) is 0.0453. The van der Waals surface area contributed by atoms with E-state index >= 15 is 0 Å². The van der Waals surface area contributed by atoms with Gasteiger partial charge in [0.25, 0.3) is 0 Å². The molecule has 0 N–H and O–H groups in total.